The van der Waals surface area contributed by atoms with Crippen molar-refractivity contribution in [3.05, 3.63) is 54.1 Å². The van der Waals surface area contributed by atoms with E-state index in [2.05, 4.69) is 6.07 Å². The maximum atomic E-state index is 13.0. The predicted octanol–water partition coefficient (Wildman–Crippen LogP) is 3.44. The normalized spacial score (nSPS) is 10.2. The highest BCUT2D eigenvalue weighted by Crippen LogP contribution is 2.30. The summed E-state index contributed by atoms with van der Waals surface area (Å²) in [5, 5.41) is 0. The molecule has 1 radical (unpaired) electrons. The summed E-state index contributed by atoms with van der Waals surface area (Å²) < 4.78 is 31.0. The van der Waals surface area contributed by atoms with E-state index in [1.807, 2.05) is 0 Å². The number of methoxy groups -OCH3 is 1. The molecular weight excluding hydrogens is 210 g/mol. The SMILES string of the molecule is COc1cc(F)ccc1-c1[c]ccc(F)c1. The summed E-state index contributed by atoms with van der Waals surface area (Å²) in [6.45, 7) is 0. The van der Waals surface area contributed by atoms with Gasteiger partial charge in [0.25, 0.3) is 0 Å². The molecule has 81 valence electrons. The van der Waals surface area contributed by atoms with Crippen LogP contribution in [0.15, 0.2) is 36.4 Å². The van der Waals surface area contributed by atoms with Gasteiger partial charge in [-0.2, -0.15) is 0 Å². The smallest absolute Gasteiger partial charge is 0.129 e. The van der Waals surface area contributed by atoms with Crippen molar-refractivity contribution in [2.45, 2.75) is 0 Å². The van der Waals surface area contributed by atoms with Crippen LogP contribution in [-0.2, 0) is 0 Å². The van der Waals surface area contributed by atoms with Crippen LogP contribution in [0.4, 0.5) is 8.78 Å². The largest absolute Gasteiger partial charge is 0.496 e. The second kappa shape index (κ2) is 4.31. The van der Waals surface area contributed by atoms with Gasteiger partial charge in [-0.05, 0) is 35.9 Å². The number of ether oxygens (including phenoxy) is 1. The molecule has 0 saturated carbocycles. The number of rotatable bonds is 2. The Hall–Kier alpha value is -1.90. The quantitative estimate of drug-likeness (QED) is 0.751. The van der Waals surface area contributed by atoms with Gasteiger partial charge in [-0.25, -0.2) is 8.78 Å². The second-order valence-electron chi connectivity index (χ2n) is 3.27. The minimum Gasteiger partial charge on any atom is -0.496 e. The lowest BCUT2D eigenvalue weighted by Crippen LogP contribution is -1.89. The first-order valence-corrected chi connectivity index (χ1v) is 4.72. The van der Waals surface area contributed by atoms with Gasteiger partial charge in [0.15, 0.2) is 0 Å². The molecule has 3 heteroatoms. The van der Waals surface area contributed by atoms with E-state index in [1.165, 1.54) is 37.4 Å². The van der Waals surface area contributed by atoms with Crippen LogP contribution in [0.1, 0.15) is 0 Å². The second-order valence-corrected chi connectivity index (χ2v) is 3.27. The van der Waals surface area contributed by atoms with Crippen LogP contribution in [0, 0.1) is 17.7 Å². The summed E-state index contributed by atoms with van der Waals surface area (Å²) in [6.07, 6.45) is 0. The highest BCUT2D eigenvalue weighted by Gasteiger charge is 2.07. The third kappa shape index (κ3) is 2.03. The molecule has 0 atom stereocenters. The number of hydrogen-bond acceptors (Lipinski definition) is 1. The Morgan fingerprint density at radius 2 is 1.81 bits per heavy atom. The lowest BCUT2D eigenvalue weighted by atomic mass is 10.0. The zero-order chi connectivity index (χ0) is 11.5. The predicted molar refractivity (Wildman–Crippen MR) is 57.2 cm³/mol. The highest BCUT2D eigenvalue weighted by atomic mass is 19.1. The molecule has 16 heavy (non-hydrogen) atoms. The number of hydrogen-bond donors (Lipinski definition) is 0. The Balaban J connectivity index is 2.55. The van der Waals surface area contributed by atoms with Gasteiger partial charge in [-0.1, -0.05) is 6.07 Å². The number of halogens is 2. The van der Waals surface area contributed by atoms with Crippen LogP contribution in [0.5, 0.6) is 5.75 Å². The molecule has 2 aromatic rings. The Morgan fingerprint density at radius 3 is 2.50 bits per heavy atom. The molecule has 0 aliphatic rings. The van der Waals surface area contributed by atoms with Crippen molar-refractivity contribution < 1.29 is 13.5 Å². The van der Waals surface area contributed by atoms with E-state index < -0.39 is 5.82 Å². The molecule has 2 rings (SSSR count). The van der Waals surface area contributed by atoms with E-state index in [9.17, 15) is 8.78 Å². The molecule has 0 unspecified atom stereocenters. The average molecular weight is 219 g/mol. The van der Waals surface area contributed by atoms with Crippen LogP contribution in [0.3, 0.4) is 0 Å². The van der Waals surface area contributed by atoms with Gasteiger partial charge < -0.3 is 4.74 Å². The van der Waals surface area contributed by atoms with Gasteiger partial charge in [0.05, 0.1) is 7.11 Å². The van der Waals surface area contributed by atoms with Crippen molar-refractivity contribution in [1.29, 1.82) is 0 Å². The topological polar surface area (TPSA) is 9.23 Å². The third-order valence-electron chi connectivity index (χ3n) is 2.22. The average Bonchev–Trinajstić information content (AvgIpc) is 2.28. The van der Waals surface area contributed by atoms with Crippen molar-refractivity contribution in [2.24, 2.45) is 0 Å². The van der Waals surface area contributed by atoms with E-state index in [1.54, 1.807) is 6.07 Å². The van der Waals surface area contributed by atoms with E-state index in [0.717, 1.165) is 0 Å². The maximum Gasteiger partial charge on any atom is 0.129 e. The fourth-order valence-corrected chi connectivity index (χ4v) is 1.48. The Morgan fingerprint density at radius 1 is 1.06 bits per heavy atom. The zero-order valence-corrected chi connectivity index (χ0v) is 8.63. The van der Waals surface area contributed by atoms with E-state index >= 15 is 0 Å². The molecule has 0 spiro atoms. The standard InChI is InChI=1S/C13H9F2O/c1-16-13-8-11(15)5-6-12(13)9-3-2-4-10(14)7-9/h2,4-8H,1H3. The first kappa shape index (κ1) is 10.6. The van der Waals surface area contributed by atoms with E-state index in [0.29, 0.717) is 16.9 Å². The summed E-state index contributed by atoms with van der Waals surface area (Å²) in [5.41, 5.74) is 1.15. The molecule has 1 nitrogen and oxygen atoms in total. The van der Waals surface area contributed by atoms with Gasteiger partial charge in [0.1, 0.15) is 17.4 Å². The van der Waals surface area contributed by atoms with Crippen molar-refractivity contribution in [3.8, 4) is 16.9 Å². The molecule has 0 aliphatic heterocycles. The summed E-state index contributed by atoms with van der Waals surface area (Å²) in [4.78, 5) is 0. The molecule has 0 fully saturated rings. The van der Waals surface area contributed by atoms with Crippen molar-refractivity contribution in [1.82, 2.24) is 0 Å². The lowest BCUT2D eigenvalue weighted by molar-refractivity contribution is 0.413. The van der Waals surface area contributed by atoms with Gasteiger partial charge in [0, 0.05) is 11.6 Å². The highest BCUT2D eigenvalue weighted by molar-refractivity contribution is 5.69. The van der Waals surface area contributed by atoms with Crippen molar-refractivity contribution >= 4 is 0 Å². The fourth-order valence-electron chi connectivity index (χ4n) is 1.48. The fraction of sp³-hybridized carbons (Fsp3) is 0.0769. The van der Waals surface area contributed by atoms with E-state index in [4.69, 9.17) is 4.74 Å². The summed E-state index contributed by atoms with van der Waals surface area (Å²) in [5.74, 6) is -0.390. The number of benzene rings is 2. The monoisotopic (exact) mass is 219 g/mol. The first-order chi connectivity index (χ1) is 7.70. The molecule has 0 saturated heterocycles. The summed E-state index contributed by atoms with van der Waals surface area (Å²) >= 11 is 0. The molecule has 0 bridgehead atoms. The minimum atomic E-state index is -0.392. The van der Waals surface area contributed by atoms with E-state index in [-0.39, 0.29) is 5.82 Å². The Kier molecular flexibility index (Phi) is 2.86. The molecular formula is C13H9F2O. The Bertz CT molecular complexity index is 509. The van der Waals surface area contributed by atoms with Crippen molar-refractivity contribution in [3.63, 3.8) is 0 Å². The zero-order valence-electron chi connectivity index (χ0n) is 8.63. The van der Waals surface area contributed by atoms with Crippen LogP contribution in [-0.4, -0.2) is 7.11 Å². The third-order valence-corrected chi connectivity index (χ3v) is 2.22. The van der Waals surface area contributed by atoms with Gasteiger partial charge >= 0.3 is 0 Å². The molecule has 0 aromatic heterocycles. The van der Waals surface area contributed by atoms with Crippen molar-refractivity contribution in [2.75, 3.05) is 7.11 Å². The minimum absolute atomic E-state index is 0.361. The van der Waals surface area contributed by atoms with Gasteiger partial charge in [-0.15, -0.1) is 0 Å². The molecule has 0 aliphatic carbocycles. The van der Waals surface area contributed by atoms with Crippen LogP contribution in [0.25, 0.3) is 11.1 Å². The maximum absolute atomic E-state index is 13.0. The Labute approximate surface area is 92.3 Å². The molecule has 0 heterocycles. The van der Waals surface area contributed by atoms with Crippen LogP contribution >= 0.6 is 0 Å². The molecule has 0 amide bonds. The summed E-state index contributed by atoms with van der Waals surface area (Å²) in [6, 6.07) is 11.1. The van der Waals surface area contributed by atoms with Crippen LogP contribution in [0.2, 0.25) is 0 Å². The lowest BCUT2D eigenvalue weighted by Gasteiger charge is -2.08. The summed E-state index contributed by atoms with van der Waals surface area (Å²) in [7, 11) is 1.44. The van der Waals surface area contributed by atoms with Crippen LogP contribution < -0.4 is 4.74 Å². The van der Waals surface area contributed by atoms with Gasteiger partial charge in [0.2, 0.25) is 0 Å². The molecule has 2 aromatic carbocycles. The molecule has 0 N–H and O–H groups in total. The van der Waals surface area contributed by atoms with Gasteiger partial charge in [-0.3, -0.25) is 0 Å². The first-order valence-electron chi connectivity index (χ1n) is 4.72.